The Morgan fingerprint density at radius 2 is 2.24 bits per heavy atom. The summed E-state index contributed by atoms with van der Waals surface area (Å²) in [5.74, 6) is 0.601. The first kappa shape index (κ1) is 15.4. The van der Waals surface area contributed by atoms with Crippen LogP contribution in [-0.2, 0) is 16.0 Å². The van der Waals surface area contributed by atoms with Crippen LogP contribution in [0.4, 0.5) is 5.13 Å². The maximum Gasteiger partial charge on any atom is 0.252 e. The van der Waals surface area contributed by atoms with Crippen molar-refractivity contribution in [1.29, 1.82) is 0 Å². The van der Waals surface area contributed by atoms with Gasteiger partial charge in [-0.25, -0.2) is 0 Å². The SMILES string of the molecule is COCC(=O)Nc1nnc(CCOc2cccc(C)c2)s1. The monoisotopic (exact) mass is 307 g/mol. The number of aromatic nitrogens is 2. The highest BCUT2D eigenvalue weighted by atomic mass is 32.1. The van der Waals surface area contributed by atoms with Crippen LogP contribution in [0.5, 0.6) is 5.75 Å². The molecule has 0 aliphatic rings. The number of benzene rings is 1. The van der Waals surface area contributed by atoms with E-state index in [0.717, 1.165) is 16.3 Å². The molecule has 1 aromatic carbocycles. The van der Waals surface area contributed by atoms with Gasteiger partial charge >= 0.3 is 0 Å². The minimum Gasteiger partial charge on any atom is -0.493 e. The van der Waals surface area contributed by atoms with E-state index in [-0.39, 0.29) is 12.5 Å². The van der Waals surface area contributed by atoms with Gasteiger partial charge in [-0.05, 0) is 24.6 Å². The number of nitrogens with zero attached hydrogens (tertiary/aromatic N) is 2. The second-order valence-electron chi connectivity index (χ2n) is 4.40. The van der Waals surface area contributed by atoms with Crippen LogP contribution in [0, 0.1) is 6.92 Å². The minimum absolute atomic E-state index is 0.00534. The highest BCUT2D eigenvalue weighted by Crippen LogP contribution is 2.17. The zero-order valence-corrected chi connectivity index (χ0v) is 12.8. The van der Waals surface area contributed by atoms with Crippen molar-refractivity contribution in [3.63, 3.8) is 0 Å². The molecule has 0 unspecified atom stereocenters. The normalized spacial score (nSPS) is 10.4. The fraction of sp³-hybridized carbons (Fsp3) is 0.357. The summed E-state index contributed by atoms with van der Waals surface area (Å²) >= 11 is 1.34. The third-order valence-corrected chi connectivity index (χ3v) is 3.46. The Labute approximate surface area is 127 Å². The summed E-state index contributed by atoms with van der Waals surface area (Å²) in [5.41, 5.74) is 1.16. The molecule has 1 amide bonds. The molecule has 112 valence electrons. The Kier molecular flexibility index (Phi) is 5.65. The van der Waals surface area contributed by atoms with Gasteiger partial charge in [0.15, 0.2) is 0 Å². The molecule has 2 rings (SSSR count). The van der Waals surface area contributed by atoms with Crippen LogP contribution in [-0.4, -0.2) is 36.4 Å². The Morgan fingerprint density at radius 1 is 1.38 bits per heavy atom. The second kappa shape index (κ2) is 7.70. The molecule has 1 N–H and O–H groups in total. The highest BCUT2D eigenvalue weighted by Gasteiger charge is 2.08. The van der Waals surface area contributed by atoms with Gasteiger partial charge in [0, 0.05) is 13.5 Å². The molecule has 0 bridgehead atoms. The van der Waals surface area contributed by atoms with Gasteiger partial charge in [0.2, 0.25) is 5.13 Å². The zero-order valence-electron chi connectivity index (χ0n) is 12.0. The van der Waals surface area contributed by atoms with E-state index in [1.165, 1.54) is 18.4 Å². The van der Waals surface area contributed by atoms with Gasteiger partial charge in [-0.2, -0.15) is 0 Å². The van der Waals surface area contributed by atoms with Crippen molar-refractivity contribution in [2.75, 3.05) is 25.6 Å². The van der Waals surface area contributed by atoms with Gasteiger partial charge in [-0.3, -0.25) is 10.1 Å². The third kappa shape index (κ3) is 5.13. The number of nitrogens with one attached hydrogen (secondary N) is 1. The fourth-order valence-corrected chi connectivity index (χ4v) is 2.39. The minimum atomic E-state index is -0.240. The molecular weight excluding hydrogens is 290 g/mol. The van der Waals surface area contributed by atoms with E-state index in [2.05, 4.69) is 15.5 Å². The molecule has 2 aromatic rings. The molecule has 0 aliphatic carbocycles. The van der Waals surface area contributed by atoms with Crippen LogP contribution in [0.15, 0.2) is 24.3 Å². The van der Waals surface area contributed by atoms with Crippen molar-refractivity contribution >= 4 is 22.4 Å². The third-order valence-electron chi connectivity index (χ3n) is 2.56. The summed E-state index contributed by atoms with van der Waals surface area (Å²) in [4.78, 5) is 11.3. The second-order valence-corrected chi connectivity index (χ2v) is 5.46. The summed E-state index contributed by atoms with van der Waals surface area (Å²) in [5, 5.41) is 11.8. The van der Waals surface area contributed by atoms with E-state index in [1.807, 2.05) is 31.2 Å². The Balaban J connectivity index is 1.79. The molecule has 6 nitrogen and oxygen atoms in total. The Bertz CT molecular complexity index is 601. The summed E-state index contributed by atoms with van der Waals surface area (Å²) in [6.07, 6.45) is 0.645. The number of carbonyl (C=O) groups excluding carboxylic acids is 1. The Hall–Kier alpha value is -1.99. The number of anilines is 1. The zero-order chi connectivity index (χ0) is 15.1. The quantitative estimate of drug-likeness (QED) is 0.847. The van der Waals surface area contributed by atoms with Crippen molar-refractivity contribution in [1.82, 2.24) is 10.2 Å². The number of ether oxygens (including phenoxy) is 2. The van der Waals surface area contributed by atoms with E-state index < -0.39 is 0 Å². The average Bonchev–Trinajstić information content (AvgIpc) is 2.86. The van der Waals surface area contributed by atoms with Gasteiger partial charge in [-0.1, -0.05) is 23.5 Å². The van der Waals surface area contributed by atoms with Crippen LogP contribution < -0.4 is 10.1 Å². The van der Waals surface area contributed by atoms with Crippen molar-refractivity contribution < 1.29 is 14.3 Å². The number of carbonyl (C=O) groups is 1. The maximum absolute atomic E-state index is 11.3. The molecule has 0 saturated heterocycles. The molecule has 1 heterocycles. The van der Waals surface area contributed by atoms with Crippen molar-refractivity contribution in [2.45, 2.75) is 13.3 Å². The topological polar surface area (TPSA) is 73.3 Å². The van der Waals surface area contributed by atoms with Crippen LogP contribution in [0.2, 0.25) is 0 Å². The molecule has 0 spiro atoms. The van der Waals surface area contributed by atoms with E-state index in [0.29, 0.717) is 18.2 Å². The van der Waals surface area contributed by atoms with Gasteiger partial charge in [0.05, 0.1) is 6.61 Å². The largest absolute Gasteiger partial charge is 0.493 e. The lowest BCUT2D eigenvalue weighted by Gasteiger charge is -2.04. The standard InChI is InChI=1S/C14H17N3O3S/c1-10-4-3-5-11(8-10)20-7-6-13-16-17-14(21-13)15-12(18)9-19-2/h3-5,8H,6-7,9H2,1-2H3,(H,15,17,18). The van der Waals surface area contributed by atoms with Crippen LogP contribution in [0.1, 0.15) is 10.6 Å². The lowest BCUT2D eigenvalue weighted by Crippen LogP contribution is -2.16. The number of hydrogen-bond acceptors (Lipinski definition) is 6. The maximum atomic E-state index is 11.3. The van der Waals surface area contributed by atoms with Crippen molar-refractivity contribution in [2.24, 2.45) is 0 Å². The summed E-state index contributed by atoms with van der Waals surface area (Å²) in [7, 11) is 1.47. The van der Waals surface area contributed by atoms with Gasteiger partial charge in [-0.15, -0.1) is 10.2 Å². The summed E-state index contributed by atoms with van der Waals surface area (Å²) in [6, 6.07) is 7.88. The first-order chi connectivity index (χ1) is 10.2. The number of aryl methyl sites for hydroxylation is 1. The van der Waals surface area contributed by atoms with Crippen molar-refractivity contribution in [3.8, 4) is 5.75 Å². The molecule has 0 radical (unpaired) electrons. The molecule has 21 heavy (non-hydrogen) atoms. The predicted octanol–water partition coefficient (Wildman–Crippen LogP) is 2.05. The number of amides is 1. The van der Waals surface area contributed by atoms with Crippen LogP contribution in [0.3, 0.4) is 0 Å². The molecule has 0 aliphatic heterocycles. The smallest absolute Gasteiger partial charge is 0.252 e. The molecule has 7 heteroatoms. The summed E-state index contributed by atoms with van der Waals surface area (Å²) < 4.78 is 10.4. The van der Waals surface area contributed by atoms with E-state index in [1.54, 1.807) is 0 Å². The molecule has 1 aromatic heterocycles. The van der Waals surface area contributed by atoms with Crippen LogP contribution in [0.25, 0.3) is 0 Å². The predicted molar refractivity (Wildman–Crippen MR) is 80.8 cm³/mol. The van der Waals surface area contributed by atoms with Gasteiger partial charge in [0.1, 0.15) is 17.4 Å². The molecule has 0 saturated carbocycles. The number of methoxy groups -OCH3 is 1. The van der Waals surface area contributed by atoms with E-state index in [9.17, 15) is 4.79 Å². The lowest BCUT2D eigenvalue weighted by atomic mass is 10.2. The average molecular weight is 307 g/mol. The molecule has 0 atom stereocenters. The molecular formula is C14H17N3O3S. The molecule has 0 fully saturated rings. The number of hydrogen-bond donors (Lipinski definition) is 1. The van der Waals surface area contributed by atoms with Gasteiger partial charge in [0.25, 0.3) is 5.91 Å². The Morgan fingerprint density at radius 3 is 3.00 bits per heavy atom. The highest BCUT2D eigenvalue weighted by molar-refractivity contribution is 7.15. The van der Waals surface area contributed by atoms with Gasteiger partial charge < -0.3 is 9.47 Å². The lowest BCUT2D eigenvalue weighted by molar-refractivity contribution is -0.119. The first-order valence-corrected chi connectivity index (χ1v) is 7.29. The van der Waals surface area contributed by atoms with E-state index >= 15 is 0 Å². The number of rotatable bonds is 7. The first-order valence-electron chi connectivity index (χ1n) is 6.48. The summed E-state index contributed by atoms with van der Waals surface area (Å²) in [6.45, 7) is 2.54. The van der Waals surface area contributed by atoms with Crippen molar-refractivity contribution in [3.05, 3.63) is 34.8 Å². The van der Waals surface area contributed by atoms with E-state index in [4.69, 9.17) is 9.47 Å². The van der Waals surface area contributed by atoms with Crippen LogP contribution >= 0.6 is 11.3 Å². The fourth-order valence-electron chi connectivity index (χ4n) is 1.65.